The molecular formula is C21H19N5O2. The van der Waals surface area contributed by atoms with E-state index < -0.39 is 0 Å². The Morgan fingerprint density at radius 3 is 2.43 bits per heavy atom. The molecule has 4 aromatic rings. The van der Waals surface area contributed by atoms with Gasteiger partial charge in [-0.3, -0.25) is 4.79 Å². The van der Waals surface area contributed by atoms with Crippen LogP contribution in [0.5, 0.6) is 5.75 Å². The van der Waals surface area contributed by atoms with Gasteiger partial charge in [-0.15, -0.1) is 5.10 Å². The predicted octanol–water partition coefficient (Wildman–Crippen LogP) is 3.33. The number of para-hydroxylation sites is 1. The second-order valence-corrected chi connectivity index (χ2v) is 6.42. The molecule has 0 amide bonds. The minimum absolute atomic E-state index is 0.0245. The number of aryl methyl sites for hydroxylation is 1. The number of aromatic nitrogens is 5. The molecule has 2 aromatic carbocycles. The number of carbonyl (C=O) groups excluding carboxylic acids is 1. The van der Waals surface area contributed by atoms with E-state index in [1.54, 1.807) is 16.8 Å². The van der Waals surface area contributed by atoms with E-state index in [-0.39, 0.29) is 12.4 Å². The van der Waals surface area contributed by atoms with Gasteiger partial charge in [-0.05, 0) is 66.7 Å². The van der Waals surface area contributed by atoms with E-state index in [0.29, 0.717) is 11.3 Å². The van der Waals surface area contributed by atoms with Gasteiger partial charge in [0.05, 0.1) is 5.69 Å². The molecule has 7 nitrogen and oxygen atoms in total. The van der Waals surface area contributed by atoms with Crippen molar-refractivity contribution in [3.63, 3.8) is 0 Å². The third kappa shape index (κ3) is 3.42. The average molecular weight is 373 g/mol. The van der Waals surface area contributed by atoms with Crippen molar-refractivity contribution in [3.05, 3.63) is 83.9 Å². The van der Waals surface area contributed by atoms with Crippen LogP contribution in [0.25, 0.3) is 11.4 Å². The zero-order chi connectivity index (χ0) is 19.5. The van der Waals surface area contributed by atoms with Crippen LogP contribution in [0.4, 0.5) is 0 Å². The zero-order valence-electron chi connectivity index (χ0n) is 15.6. The van der Waals surface area contributed by atoms with Crippen LogP contribution in [0.1, 0.15) is 21.7 Å². The Labute approximate surface area is 162 Å². The van der Waals surface area contributed by atoms with Crippen molar-refractivity contribution in [2.24, 2.45) is 0 Å². The van der Waals surface area contributed by atoms with Crippen LogP contribution < -0.4 is 4.74 Å². The monoisotopic (exact) mass is 373 g/mol. The Hall–Kier alpha value is -3.74. The molecule has 0 spiro atoms. The van der Waals surface area contributed by atoms with Crippen molar-refractivity contribution in [1.29, 1.82) is 0 Å². The number of benzene rings is 2. The Bertz CT molecular complexity index is 1080. The maximum Gasteiger partial charge on any atom is 0.202 e. The van der Waals surface area contributed by atoms with Crippen LogP contribution in [-0.4, -0.2) is 37.2 Å². The van der Waals surface area contributed by atoms with Crippen molar-refractivity contribution in [3.8, 4) is 17.1 Å². The van der Waals surface area contributed by atoms with Gasteiger partial charge in [-0.1, -0.05) is 18.2 Å². The largest absolute Gasteiger partial charge is 0.485 e. The van der Waals surface area contributed by atoms with Crippen LogP contribution in [0, 0.1) is 13.8 Å². The molecule has 0 unspecified atom stereocenters. The molecule has 0 atom stereocenters. The first-order valence-electron chi connectivity index (χ1n) is 8.87. The van der Waals surface area contributed by atoms with Crippen LogP contribution >= 0.6 is 0 Å². The number of carbonyl (C=O) groups is 1. The van der Waals surface area contributed by atoms with E-state index in [2.05, 4.69) is 20.1 Å². The molecule has 4 rings (SSSR count). The summed E-state index contributed by atoms with van der Waals surface area (Å²) >= 11 is 0. The number of hydrogen-bond donors (Lipinski definition) is 0. The quantitative estimate of drug-likeness (QED) is 0.485. The lowest BCUT2D eigenvalue weighted by Crippen LogP contribution is -2.12. The van der Waals surface area contributed by atoms with Gasteiger partial charge in [0.1, 0.15) is 12.1 Å². The molecule has 0 saturated carbocycles. The van der Waals surface area contributed by atoms with Crippen molar-refractivity contribution in [1.82, 2.24) is 24.8 Å². The van der Waals surface area contributed by atoms with E-state index in [1.165, 1.54) is 6.33 Å². The first-order valence-corrected chi connectivity index (χ1v) is 8.87. The molecule has 0 saturated heterocycles. The fourth-order valence-electron chi connectivity index (χ4n) is 3.22. The summed E-state index contributed by atoms with van der Waals surface area (Å²) in [4.78, 5) is 12.7. The topological polar surface area (TPSA) is 74.8 Å². The number of ketones is 1. The summed E-state index contributed by atoms with van der Waals surface area (Å²) in [5, 5.41) is 11.0. The van der Waals surface area contributed by atoms with E-state index in [0.717, 1.165) is 22.8 Å². The lowest BCUT2D eigenvalue weighted by molar-refractivity contribution is 0.0921. The minimum atomic E-state index is -0.0557. The molecule has 2 aromatic heterocycles. The molecular weight excluding hydrogens is 354 g/mol. The highest BCUT2D eigenvalue weighted by Gasteiger charge is 2.17. The highest BCUT2D eigenvalue weighted by atomic mass is 16.5. The fourth-order valence-corrected chi connectivity index (χ4v) is 3.22. The summed E-state index contributed by atoms with van der Waals surface area (Å²) in [6.45, 7) is 3.92. The Morgan fingerprint density at radius 1 is 1.00 bits per heavy atom. The van der Waals surface area contributed by atoms with Gasteiger partial charge in [-0.2, -0.15) is 0 Å². The summed E-state index contributed by atoms with van der Waals surface area (Å²) in [6, 6.07) is 19.1. The van der Waals surface area contributed by atoms with Gasteiger partial charge < -0.3 is 9.30 Å². The van der Waals surface area contributed by atoms with E-state index in [9.17, 15) is 4.79 Å². The van der Waals surface area contributed by atoms with Crippen molar-refractivity contribution < 1.29 is 9.53 Å². The maximum atomic E-state index is 12.7. The predicted molar refractivity (Wildman–Crippen MR) is 104 cm³/mol. The lowest BCUT2D eigenvalue weighted by atomic mass is 10.1. The minimum Gasteiger partial charge on any atom is -0.485 e. The number of tetrazole rings is 1. The van der Waals surface area contributed by atoms with Gasteiger partial charge in [0, 0.05) is 22.6 Å². The fraction of sp³-hybridized carbons (Fsp3) is 0.143. The highest BCUT2D eigenvalue weighted by Crippen LogP contribution is 2.22. The molecule has 7 heteroatoms. The smallest absolute Gasteiger partial charge is 0.202 e. The van der Waals surface area contributed by atoms with E-state index >= 15 is 0 Å². The van der Waals surface area contributed by atoms with Crippen LogP contribution in [0.15, 0.2) is 67.0 Å². The molecule has 140 valence electrons. The molecule has 0 aliphatic heterocycles. The molecule has 0 aliphatic carbocycles. The van der Waals surface area contributed by atoms with Gasteiger partial charge in [-0.25, -0.2) is 4.68 Å². The highest BCUT2D eigenvalue weighted by molar-refractivity contribution is 5.98. The summed E-state index contributed by atoms with van der Waals surface area (Å²) < 4.78 is 9.31. The lowest BCUT2D eigenvalue weighted by Gasteiger charge is -2.10. The number of ether oxygens (including phenoxy) is 1. The molecule has 2 heterocycles. The van der Waals surface area contributed by atoms with E-state index in [1.807, 2.05) is 62.4 Å². The first-order chi connectivity index (χ1) is 13.6. The van der Waals surface area contributed by atoms with Gasteiger partial charge in [0.2, 0.25) is 5.78 Å². The standard InChI is InChI=1S/C21H19N5O2/c1-15-12-20(16(2)26(15)18-6-4-3-5-7-18)21(27)13-28-19-10-8-17(9-11-19)25-14-22-23-24-25/h3-12,14H,13H2,1-2H3. The third-order valence-electron chi connectivity index (χ3n) is 4.57. The third-order valence-corrected chi connectivity index (χ3v) is 4.57. The van der Waals surface area contributed by atoms with Crippen molar-refractivity contribution in [2.45, 2.75) is 13.8 Å². The molecule has 0 N–H and O–H groups in total. The van der Waals surface area contributed by atoms with Crippen LogP contribution in [-0.2, 0) is 0 Å². The van der Waals surface area contributed by atoms with E-state index in [4.69, 9.17) is 4.74 Å². The zero-order valence-corrected chi connectivity index (χ0v) is 15.6. The molecule has 0 aliphatic rings. The number of Topliss-reactive ketones (excluding diaryl/α,β-unsaturated/α-hetero) is 1. The van der Waals surface area contributed by atoms with Gasteiger partial charge in [0.25, 0.3) is 0 Å². The normalized spacial score (nSPS) is 10.8. The average Bonchev–Trinajstić information content (AvgIpc) is 3.35. The molecule has 0 fully saturated rings. The SMILES string of the molecule is Cc1cc(C(=O)COc2ccc(-n3cnnn3)cc2)c(C)n1-c1ccccc1. The summed E-state index contributed by atoms with van der Waals surface area (Å²) in [7, 11) is 0. The second-order valence-electron chi connectivity index (χ2n) is 6.42. The Kier molecular flexibility index (Phi) is 4.72. The number of hydrogen-bond acceptors (Lipinski definition) is 5. The van der Waals surface area contributed by atoms with Crippen molar-refractivity contribution >= 4 is 5.78 Å². The first kappa shape index (κ1) is 17.7. The molecule has 28 heavy (non-hydrogen) atoms. The summed E-state index contributed by atoms with van der Waals surface area (Å²) in [6.07, 6.45) is 1.52. The summed E-state index contributed by atoms with van der Waals surface area (Å²) in [5.74, 6) is 0.557. The Morgan fingerprint density at radius 2 is 1.75 bits per heavy atom. The van der Waals surface area contributed by atoms with Crippen molar-refractivity contribution in [2.75, 3.05) is 6.61 Å². The number of nitrogens with zero attached hydrogens (tertiary/aromatic N) is 5. The van der Waals surface area contributed by atoms with Gasteiger partial charge in [0.15, 0.2) is 6.61 Å². The van der Waals surface area contributed by atoms with Crippen LogP contribution in [0.3, 0.4) is 0 Å². The number of rotatable bonds is 6. The molecule has 0 bridgehead atoms. The Balaban J connectivity index is 1.47. The van der Waals surface area contributed by atoms with Crippen LogP contribution in [0.2, 0.25) is 0 Å². The van der Waals surface area contributed by atoms with Gasteiger partial charge >= 0.3 is 0 Å². The maximum absolute atomic E-state index is 12.7. The molecule has 0 radical (unpaired) electrons. The second kappa shape index (κ2) is 7.48. The summed E-state index contributed by atoms with van der Waals surface area (Å²) in [5.41, 5.74) is 4.45.